The number of oxime groups is 1. The normalized spacial score (nSPS) is 11.7. The highest BCUT2D eigenvalue weighted by Crippen LogP contribution is 2.04. The maximum atomic E-state index is 11.4. The lowest BCUT2D eigenvalue weighted by atomic mass is 10.1. The average molecular weight is 292 g/mol. The molecule has 0 saturated heterocycles. The van der Waals surface area contributed by atoms with Crippen molar-refractivity contribution in [3.8, 4) is 0 Å². The summed E-state index contributed by atoms with van der Waals surface area (Å²) in [6, 6.07) is 9.34. The van der Waals surface area contributed by atoms with Crippen LogP contribution in [0.2, 0.25) is 0 Å². The van der Waals surface area contributed by atoms with E-state index in [0.717, 1.165) is 18.7 Å². The van der Waals surface area contributed by atoms with E-state index in [4.69, 9.17) is 10.6 Å². The number of rotatable bonds is 6. The molecular formula is C14H16N2O5. The van der Waals surface area contributed by atoms with Gasteiger partial charge in [-0.05, 0) is 5.56 Å². The molecule has 112 valence electrons. The second-order valence-electron chi connectivity index (χ2n) is 3.86. The van der Waals surface area contributed by atoms with Crippen LogP contribution in [-0.2, 0) is 30.3 Å². The van der Waals surface area contributed by atoms with Crippen molar-refractivity contribution in [3.05, 3.63) is 47.7 Å². The van der Waals surface area contributed by atoms with Crippen LogP contribution in [0.4, 0.5) is 0 Å². The number of amidine groups is 1. The summed E-state index contributed by atoms with van der Waals surface area (Å²) < 4.78 is 8.85. The van der Waals surface area contributed by atoms with Gasteiger partial charge in [0.15, 0.2) is 0 Å². The predicted molar refractivity (Wildman–Crippen MR) is 75.0 cm³/mol. The first kappa shape index (κ1) is 16.2. The lowest BCUT2D eigenvalue weighted by molar-refractivity contribution is -0.142. The number of hydrogen-bond acceptors (Lipinski definition) is 6. The molecule has 0 saturated carbocycles. The molecule has 0 amide bonds. The Kier molecular flexibility index (Phi) is 6.46. The van der Waals surface area contributed by atoms with Gasteiger partial charge in [0.2, 0.25) is 5.76 Å². The van der Waals surface area contributed by atoms with Crippen LogP contribution in [-0.4, -0.2) is 32.0 Å². The molecule has 21 heavy (non-hydrogen) atoms. The fourth-order valence-electron chi connectivity index (χ4n) is 1.33. The van der Waals surface area contributed by atoms with Gasteiger partial charge < -0.3 is 20.0 Å². The van der Waals surface area contributed by atoms with Crippen LogP contribution in [0.3, 0.4) is 0 Å². The van der Waals surface area contributed by atoms with E-state index in [-0.39, 0.29) is 5.84 Å². The minimum Gasteiger partial charge on any atom is -0.466 e. The Morgan fingerprint density at radius 1 is 1.19 bits per heavy atom. The van der Waals surface area contributed by atoms with Crippen molar-refractivity contribution in [2.45, 2.75) is 6.42 Å². The smallest absolute Gasteiger partial charge is 0.377 e. The molecule has 0 unspecified atom stereocenters. The first-order valence-electron chi connectivity index (χ1n) is 5.98. The third-order valence-electron chi connectivity index (χ3n) is 2.33. The number of ether oxygens (including phenoxy) is 2. The van der Waals surface area contributed by atoms with Crippen molar-refractivity contribution in [2.75, 3.05) is 14.2 Å². The zero-order valence-corrected chi connectivity index (χ0v) is 11.7. The van der Waals surface area contributed by atoms with Crippen LogP contribution < -0.4 is 5.73 Å². The van der Waals surface area contributed by atoms with Gasteiger partial charge in [0.25, 0.3) is 0 Å². The van der Waals surface area contributed by atoms with E-state index in [0.29, 0.717) is 6.42 Å². The van der Waals surface area contributed by atoms with Gasteiger partial charge in [-0.3, -0.25) is 0 Å². The molecule has 0 bridgehead atoms. The van der Waals surface area contributed by atoms with Crippen molar-refractivity contribution in [1.29, 1.82) is 0 Å². The minimum absolute atomic E-state index is 0.140. The topological polar surface area (TPSA) is 100 Å². The first-order chi connectivity index (χ1) is 10.1. The van der Waals surface area contributed by atoms with Crippen LogP contribution in [0.5, 0.6) is 0 Å². The van der Waals surface area contributed by atoms with E-state index in [2.05, 4.69) is 14.6 Å². The van der Waals surface area contributed by atoms with Crippen LogP contribution in [0.25, 0.3) is 0 Å². The third kappa shape index (κ3) is 5.77. The quantitative estimate of drug-likeness (QED) is 0.207. The molecular weight excluding hydrogens is 276 g/mol. The van der Waals surface area contributed by atoms with Gasteiger partial charge in [-0.2, -0.15) is 0 Å². The minimum atomic E-state index is -0.864. The number of carbonyl (C=O) groups excluding carboxylic acids is 2. The van der Waals surface area contributed by atoms with Crippen molar-refractivity contribution in [2.24, 2.45) is 10.9 Å². The largest absolute Gasteiger partial charge is 0.466 e. The Balaban J connectivity index is 2.75. The number of nitrogens with zero attached hydrogens (tertiary/aromatic N) is 1. The molecule has 2 N–H and O–H groups in total. The maximum absolute atomic E-state index is 11.4. The highest BCUT2D eigenvalue weighted by molar-refractivity contribution is 5.94. The van der Waals surface area contributed by atoms with Gasteiger partial charge in [-0.25, -0.2) is 9.59 Å². The zero-order chi connectivity index (χ0) is 15.7. The van der Waals surface area contributed by atoms with Gasteiger partial charge in [-0.15, -0.1) is 0 Å². The summed E-state index contributed by atoms with van der Waals surface area (Å²) in [6.07, 6.45) is 1.17. The molecule has 0 aliphatic heterocycles. The zero-order valence-electron chi connectivity index (χ0n) is 11.7. The molecule has 1 aromatic carbocycles. The second kappa shape index (κ2) is 8.36. The molecule has 1 rings (SSSR count). The van der Waals surface area contributed by atoms with E-state index in [1.54, 1.807) is 0 Å². The summed E-state index contributed by atoms with van der Waals surface area (Å²) in [4.78, 5) is 27.4. The van der Waals surface area contributed by atoms with Crippen LogP contribution in [0.15, 0.2) is 47.3 Å². The number of hydrogen-bond donors (Lipinski definition) is 1. The Hall–Kier alpha value is -2.83. The van der Waals surface area contributed by atoms with Crippen LogP contribution in [0, 0.1) is 0 Å². The molecule has 0 spiro atoms. The van der Waals surface area contributed by atoms with E-state index < -0.39 is 17.7 Å². The van der Waals surface area contributed by atoms with Gasteiger partial charge >= 0.3 is 11.9 Å². The highest BCUT2D eigenvalue weighted by Gasteiger charge is 2.15. The summed E-state index contributed by atoms with van der Waals surface area (Å²) >= 11 is 0. The molecule has 1 aromatic rings. The molecule has 0 aliphatic rings. The van der Waals surface area contributed by atoms with E-state index >= 15 is 0 Å². The monoisotopic (exact) mass is 292 g/mol. The lowest BCUT2D eigenvalue weighted by Crippen LogP contribution is -2.17. The number of carbonyl (C=O) groups is 2. The Morgan fingerprint density at radius 3 is 2.43 bits per heavy atom. The average Bonchev–Trinajstić information content (AvgIpc) is 2.51. The molecule has 0 heterocycles. The Bertz CT molecular complexity index is 552. The van der Waals surface area contributed by atoms with Crippen LogP contribution >= 0.6 is 0 Å². The van der Waals surface area contributed by atoms with Crippen molar-refractivity contribution < 1.29 is 23.9 Å². The molecule has 0 aliphatic carbocycles. The van der Waals surface area contributed by atoms with Gasteiger partial charge in [-0.1, -0.05) is 35.5 Å². The number of benzene rings is 1. The SMILES string of the molecule is COC(=O)C=C(ON=C(N)Cc1ccccc1)C(=O)OC. The van der Waals surface area contributed by atoms with Crippen LogP contribution in [0.1, 0.15) is 5.56 Å². The van der Waals surface area contributed by atoms with E-state index in [1.165, 1.54) is 7.11 Å². The maximum Gasteiger partial charge on any atom is 0.377 e. The summed E-state index contributed by atoms with van der Waals surface area (Å²) in [5, 5.41) is 3.59. The summed E-state index contributed by atoms with van der Waals surface area (Å²) in [5.74, 6) is -1.91. The fourth-order valence-corrected chi connectivity index (χ4v) is 1.33. The van der Waals surface area contributed by atoms with Crippen molar-refractivity contribution >= 4 is 17.8 Å². The fraction of sp³-hybridized carbons (Fsp3) is 0.214. The Morgan fingerprint density at radius 2 is 1.86 bits per heavy atom. The third-order valence-corrected chi connectivity index (χ3v) is 2.33. The van der Waals surface area contributed by atoms with Gasteiger partial charge in [0.05, 0.1) is 20.3 Å². The molecule has 0 fully saturated rings. The first-order valence-corrected chi connectivity index (χ1v) is 5.98. The van der Waals surface area contributed by atoms with Gasteiger partial charge in [0, 0.05) is 6.42 Å². The van der Waals surface area contributed by atoms with Crippen molar-refractivity contribution in [1.82, 2.24) is 0 Å². The molecule has 0 radical (unpaired) electrons. The Labute approximate surface area is 122 Å². The molecule has 0 atom stereocenters. The number of methoxy groups -OCH3 is 2. The summed E-state index contributed by atoms with van der Waals surface area (Å²) in [5.41, 5.74) is 6.62. The van der Waals surface area contributed by atoms with E-state index in [1.807, 2.05) is 30.3 Å². The second-order valence-corrected chi connectivity index (χ2v) is 3.86. The molecule has 0 aromatic heterocycles. The lowest BCUT2D eigenvalue weighted by Gasteiger charge is -2.04. The predicted octanol–water partition coefficient (Wildman–Crippen LogP) is 0.748. The summed E-state index contributed by atoms with van der Waals surface area (Å²) in [7, 11) is 2.31. The van der Waals surface area contributed by atoms with E-state index in [9.17, 15) is 9.59 Å². The molecule has 7 nitrogen and oxygen atoms in total. The number of esters is 2. The standard InChI is InChI=1S/C14H16N2O5/c1-19-13(17)9-11(14(18)20-2)21-16-12(15)8-10-6-4-3-5-7-10/h3-7,9H,8H2,1-2H3,(H2,15,16). The van der Waals surface area contributed by atoms with Gasteiger partial charge in [0.1, 0.15) is 5.84 Å². The highest BCUT2D eigenvalue weighted by atomic mass is 16.7. The summed E-state index contributed by atoms with van der Waals surface area (Å²) in [6.45, 7) is 0. The number of nitrogens with two attached hydrogens (primary N) is 1. The van der Waals surface area contributed by atoms with Crippen molar-refractivity contribution in [3.63, 3.8) is 0 Å². The molecule has 7 heteroatoms.